The van der Waals surface area contributed by atoms with E-state index < -0.39 is 20.0 Å². The van der Waals surface area contributed by atoms with E-state index in [0.717, 1.165) is 38.5 Å². The molecule has 60 heavy (non-hydrogen) atoms. The Kier molecular flexibility index (Phi) is 47.1. The third-order valence-corrected chi connectivity index (χ3v) is 13.1. The maximum absolute atomic E-state index is 12.8. The number of allylic oxidation sites excluding steroid dienone is 1. The van der Waals surface area contributed by atoms with Gasteiger partial charge in [0.2, 0.25) is 5.91 Å². The van der Waals surface area contributed by atoms with Gasteiger partial charge in [-0.2, -0.15) is 0 Å². The van der Waals surface area contributed by atoms with Gasteiger partial charge in [0, 0.05) is 13.0 Å². The number of hydrogen-bond donors (Lipinski definition) is 4. The molecule has 0 saturated carbocycles. The summed E-state index contributed by atoms with van der Waals surface area (Å²) in [6.45, 7) is 4.15. The molecule has 0 aliphatic rings. The van der Waals surface area contributed by atoms with Gasteiger partial charge in [-0.15, -0.1) is 0 Å². The van der Waals surface area contributed by atoms with Crippen LogP contribution in [-0.4, -0.2) is 47.8 Å². The van der Waals surface area contributed by atoms with Gasteiger partial charge in [-0.1, -0.05) is 264 Å². The predicted octanol–water partition coefficient (Wildman–Crippen LogP) is 15.5. The molecule has 0 spiro atoms. The quantitative estimate of drug-likeness (QED) is 0.0272. The van der Waals surface area contributed by atoms with Gasteiger partial charge in [-0.25, -0.2) is 4.57 Å². The van der Waals surface area contributed by atoms with Crippen LogP contribution >= 0.6 is 7.82 Å². The number of unbranched alkanes of at least 4 members (excludes halogenated alkanes) is 38. The zero-order valence-corrected chi connectivity index (χ0v) is 40.9. The lowest BCUT2D eigenvalue weighted by Crippen LogP contribution is -2.45. The first-order valence-electron chi connectivity index (χ1n) is 26.3. The van der Waals surface area contributed by atoms with E-state index >= 15 is 0 Å². The molecule has 0 aromatic carbocycles. The average Bonchev–Trinajstić information content (AvgIpc) is 3.24. The zero-order valence-electron chi connectivity index (χ0n) is 40.0. The van der Waals surface area contributed by atoms with Crippen LogP contribution in [0, 0.1) is 0 Å². The molecule has 358 valence electrons. The highest BCUT2D eigenvalue weighted by atomic mass is 31.2. The zero-order chi connectivity index (χ0) is 43.9. The Hall–Kier alpha value is -0.760. The van der Waals surface area contributed by atoms with Gasteiger partial charge in [0.05, 0.1) is 25.4 Å². The number of aliphatic hydroxyl groups excluding tert-OH is 1. The van der Waals surface area contributed by atoms with Crippen molar-refractivity contribution in [1.29, 1.82) is 0 Å². The van der Waals surface area contributed by atoms with Crippen molar-refractivity contribution < 1.29 is 28.4 Å². The Morgan fingerprint density at radius 3 is 1.18 bits per heavy atom. The van der Waals surface area contributed by atoms with Crippen molar-refractivity contribution in [3.63, 3.8) is 0 Å². The van der Waals surface area contributed by atoms with Crippen LogP contribution in [0.15, 0.2) is 12.2 Å². The van der Waals surface area contributed by atoms with Gasteiger partial charge in [0.15, 0.2) is 0 Å². The summed E-state index contributed by atoms with van der Waals surface area (Å²) >= 11 is 0. The fraction of sp³-hybridized carbons (Fsp3) is 0.941. The molecular formula is C51H103N2O6P. The number of nitrogens with two attached hydrogens (primary N) is 1. The highest BCUT2D eigenvalue weighted by Crippen LogP contribution is 2.43. The Labute approximate surface area is 373 Å². The first-order valence-corrected chi connectivity index (χ1v) is 27.8. The first kappa shape index (κ1) is 59.2. The van der Waals surface area contributed by atoms with Gasteiger partial charge < -0.3 is 21.1 Å². The lowest BCUT2D eigenvalue weighted by Gasteiger charge is -2.23. The van der Waals surface area contributed by atoms with Crippen molar-refractivity contribution in [1.82, 2.24) is 5.32 Å². The Balaban J connectivity index is 3.79. The van der Waals surface area contributed by atoms with Crippen LogP contribution in [0.4, 0.5) is 0 Å². The van der Waals surface area contributed by atoms with Crippen molar-refractivity contribution in [2.75, 3.05) is 19.8 Å². The summed E-state index contributed by atoms with van der Waals surface area (Å²) in [5.41, 5.74) is 5.38. The molecule has 8 nitrogen and oxygen atoms in total. The summed E-state index contributed by atoms with van der Waals surface area (Å²) in [6, 6.07) is -0.854. The number of phosphoric acid groups is 1. The van der Waals surface area contributed by atoms with Crippen LogP contribution in [0.2, 0.25) is 0 Å². The van der Waals surface area contributed by atoms with E-state index in [1.54, 1.807) is 6.08 Å². The lowest BCUT2D eigenvalue weighted by molar-refractivity contribution is -0.123. The van der Waals surface area contributed by atoms with E-state index in [0.29, 0.717) is 6.42 Å². The number of carbonyl (C=O) groups excluding carboxylic acids is 1. The van der Waals surface area contributed by atoms with E-state index in [1.165, 1.54) is 218 Å². The monoisotopic (exact) mass is 871 g/mol. The fourth-order valence-corrected chi connectivity index (χ4v) is 8.90. The van der Waals surface area contributed by atoms with E-state index in [4.69, 9.17) is 14.8 Å². The summed E-state index contributed by atoms with van der Waals surface area (Å²) in [5.74, 6) is -0.190. The van der Waals surface area contributed by atoms with Crippen LogP contribution in [0.3, 0.4) is 0 Å². The molecule has 0 bridgehead atoms. The largest absolute Gasteiger partial charge is 0.472 e. The summed E-state index contributed by atoms with van der Waals surface area (Å²) in [6.07, 6.45) is 56.0. The summed E-state index contributed by atoms with van der Waals surface area (Å²) in [4.78, 5) is 22.7. The molecule has 0 rings (SSSR count). The van der Waals surface area contributed by atoms with Crippen molar-refractivity contribution >= 4 is 13.7 Å². The van der Waals surface area contributed by atoms with Gasteiger partial charge in [0.1, 0.15) is 0 Å². The summed E-state index contributed by atoms with van der Waals surface area (Å²) in [5, 5.41) is 13.7. The van der Waals surface area contributed by atoms with Crippen molar-refractivity contribution in [3.05, 3.63) is 12.2 Å². The maximum Gasteiger partial charge on any atom is 0.472 e. The number of carbonyl (C=O) groups is 1. The van der Waals surface area contributed by atoms with Gasteiger partial charge in [-0.3, -0.25) is 13.8 Å². The molecule has 0 aromatic heterocycles. The Bertz CT molecular complexity index is 953. The van der Waals surface area contributed by atoms with Crippen LogP contribution in [-0.2, 0) is 18.4 Å². The second kappa shape index (κ2) is 47.7. The maximum atomic E-state index is 12.8. The molecule has 1 unspecified atom stereocenters. The van der Waals surface area contributed by atoms with Crippen LogP contribution in [0.1, 0.15) is 277 Å². The second-order valence-electron chi connectivity index (χ2n) is 18.1. The van der Waals surface area contributed by atoms with Gasteiger partial charge in [0.25, 0.3) is 0 Å². The normalized spacial score (nSPS) is 13.9. The first-order chi connectivity index (χ1) is 29.4. The fourth-order valence-electron chi connectivity index (χ4n) is 8.14. The molecule has 0 aliphatic heterocycles. The van der Waals surface area contributed by atoms with E-state index in [-0.39, 0.29) is 25.7 Å². The molecule has 0 radical (unpaired) electrons. The molecule has 9 heteroatoms. The molecule has 0 aliphatic carbocycles. The Morgan fingerprint density at radius 1 is 0.533 bits per heavy atom. The molecule has 5 N–H and O–H groups in total. The van der Waals surface area contributed by atoms with Gasteiger partial charge >= 0.3 is 7.82 Å². The van der Waals surface area contributed by atoms with Crippen molar-refractivity contribution in [2.45, 2.75) is 289 Å². The molecule has 3 atom stereocenters. The smallest absolute Gasteiger partial charge is 0.387 e. The molecule has 0 aromatic rings. The molecule has 0 heterocycles. The third-order valence-electron chi connectivity index (χ3n) is 12.1. The number of amides is 1. The lowest BCUT2D eigenvalue weighted by atomic mass is 10.0. The number of nitrogens with one attached hydrogen (secondary N) is 1. The molecule has 0 fully saturated rings. The van der Waals surface area contributed by atoms with E-state index in [1.807, 2.05) is 6.08 Å². The topological polar surface area (TPSA) is 131 Å². The van der Waals surface area contributed by atoms with E-state index in [2.05, 4.69) is 19.2 Å². The van der Waals surface area contributed by atoms with Crippen LogP contribution in [0.5, 0.6) is 0 Å². The minimum atomic E-state index is -4.33. The summed E-state index contributed by atoms with van der Waals surface area (Å²) in [7, 11) is -4.33. The van der Waals surface area contributed by atoms with Crippen LogP contribution < -0.4 is 11.1 Å². The van der Waals surface area contributed by atoms with E-state index in [9.17, 15) is 19.4 Å². The minimum absolute atomic E-state index is 0.0812. The molecule has 0 saturated heterocycles. The second-order valence-corrected chi connectivity index (χ2v) is 19.6. The number of aliphatic hydroxyl groups is 1. The Morgan fingerprint density at radius 2 is 0.850 bits per heavy atom. The predicted molar refractivity (Wildman–Crippen MR) is 259 cm³/mol. The van der Waals surface area contributed by atoms with Crippen molar-refractivity contribution in [2.24, 2.45) is 5.73 Å². The highest BCUT2D eigenvalue weighted by Gasteiger charge is 2.26. The standard InChI is InChI=1S/C51H103N2O6P/c1-3-5-7-9-11-13-15-16-17-18-19-20-21-22-23-24-25-26-27-28-29-30-31-32-33-34-35-37-39-41-43-45-51(55)53-49(48-59-60(56,57)58-47-46-52)50(54)44-42-40-38-36-14-12-10-8-6-4-2/h42,44,49-50,54H,3-41,43,45-48,52H2,1-2H3,(H,53,55)(H,56,57)/b44-42+/t49-,50+/m0/s1. The SMILES string of the molecule is CCCCCCCCCC/C=C/[C@@H](O)[C@H](COP(=O)(O)OCCN)NC(=O)CCCCCCCCCCCCCCCCCCCCCCCCCCCCCCCCC. The number of phosphoric ester groups is 1. The average molecular weight is 871 g/mol. The van der Waals surface area contributed by atoms with Crippen LogP contribution in [0.25, 0.3) is 0 Å². The summed E-state index contributed by atoms with van der Waals surface area (Å²) < 4.78 is 22.1. The minimum Gasteiger partial charge on any atom is -0.387 e. The number of hydrogen-bond acceptors (Lipinski definition) is 6. The highest BCUT2D eigenvalue weighted by molar-refractivity contribution is 7.47. The third kappa shape index (κ3) is 45.3. The molecule has 1 amide bonds. The van der Waals surface area contributed by atoms with Gasteiger partial charge in [-0.05, 0) is 19.3 Å². The molecular weight excluding hydrogens is 768 g/mol. The number of rotatable bonds is 50. The van der Waals surface area contributed by atoms with Crippen molar-refractivity contribution in [3.8, 4) is 0 Å².